The van der Waals surface area contributed by atoms with Crippen molar-refractivity contribution >= 4 is 51.2 Å². The number of benzene rings is 1. The molecule has 0 fully saturated rings. The van der Waals surface area contributed by atoms with Crippen LogP contribution in [0.1, 0.15) is 57.6 Å². The molecule has 204 valence electrons. The molecular weight excluding hydrogens is 546 g/mol. The van der Waals surface area contributed by atoms with Crippen LogP contribution >= 0.6 is 22.7 Å². The van der Waals surface area contributed by atoms with E-state index in [-0.39, 0.29) is 22.4 Å². The van der Waals surface area contributed by atoms with Crippen LogP contribution in [0.3, 0.4) is 0 Å². The molecule has 0 radical (unpaired) electrons. The van der Waals surface area contributed by atoms with Gasteiger partial charge in [-0.15, -0.1) is 22.7 Å². The maximum absolute atomic E-state index is 13.7. The fourth-order valence-electron chi connectivity index (χ4n) is 4.67. The molecule has 1 N–H and O–H groups in total. The van der Waals surface area contributed by atoms with E-state index >= 15 is 0 Å². The minimum Gasteiger partial charge on any atom is -0.462 e. The van der Waals surface area contributed by atoms with Gasteiger partial charge in [0.15, 0.2) is 5.57 Å². The maximum Gasteiger partial charge on any atom is 0.341 e. The molecule has 3 aromatic heterocycles. The highest BCUT2D eigenvalue weighted by Crippen LogP contribution is 2.38. The Morgan fingerprint density at radius 3 is 2.55 bits per heavy atom. The van der Waals surface area contributed by atoms with Crippen LogP contribution in [-0.4, -0.2) is 23.1 Å². The summed E-state index contributed by atoms with van der Waals surface area (Å²) in [5, 5.41) is 13.4. The molecule has 1 aliphatic carbocycles. The minimum absolute atomic E-state index is 0.183. The summed E-state index contributed by atoms with van der Waals surface area (Å²) >= 11 is 2.38. The molecule has 0 aliphatic heterocycles. The number of nitrogens with one attached hydrogen (secondary N) is 1. The van der Waals surface area contributed by atoms with Crippen molar-refractivity contribution in [3.8, 4) is 11.8 Å². The molecule has 1 amide bonds. The number of aryl methyl sites for hydroxylation is 3. The number of carbonyl (C=O) groups is 2. The lowest BCUT2D eigenvalue weighted by atomic mass is 9.95. The van der Waals surface area contributed by atoms with Gasteiger partial charge in [-0.1, -0.05) is 17.7 Å². The number of ether oxygens (including phenoxy) is 1. The number of amides is 1. The fraction of sp³-hybridized carbons (Fsp3) is 0.267. The number of rotatable bonds is 6. The summed E-state index contributed by atoms with van der Waals surface area (Å²) in [6.07, 6.45) is 5.11. The SMILES string of the molecule is CCOC(=O)c1c(NC(=O)/C(C#N)=c2/s/c(=C\c3ccc(C)o3)c(=O)n2-c2ccc(C)cc2)sc2c1CCCC2. The highest BCUT2D eigenvalue weighted by atomic mass is 32.1. The van der Waals surface area contributed by atoms with Crippen molar-refractivity contribution in [3.63, 3.8) is 0 Å². The highest BCUT2D eigenvalue weighted by molar-refractivity contribution is 7.17. The fourth-order valence-corrected chi connectivity index (χ4v) is 7.03. The normalized spacial score (nSPS) is 13.9. The number of esters is 1. The van der Waals surface area contributed by atoms with E-state index in [1.807, 2.05) is 25.1 Å². The molecule has 40 heavy (non-hydrogen) atoms. The highest BCUT2D eigenvalue weighted by Gasteiger charge is 2.28. The first-order chi connectivity index (χ1) is 19.3. The number of hydrogen-bond donors (Lipinski definition) is 1. The van der Waals surface area contributed by atoms with Gasteiger partial charge >= 0.3 is 5.97 Å². The Bertz CT molecular complexity index is 1830. The van der Waals surface area contributed by atoms with Crippen LogP contribution in [0.25, 0.3) is 17.3 Å². The van der Waals surface area contributed by atoms with Gasteiger partial charge in [0, 0.05) is 11.0 Å². The number of nitriles is 1. The van der Waals surface area contributed by atoms with Gasteiger partial charge in [0.05, 0.1) is 22.4 Å². The van der Waals surface area contributed by atoms with Crippen LogP contribution in [0, 0.1) is 25.2 Å². The largest absolute Gasteiger partial charge is 0.462 e. The van der Waals surface area contributed by atoms with Gasteiger partial charge in [-0.25, -0.2) is 4.79 Å². The molecule has 0 spiro atoms. The predicted molar refractivity (Wildman–Crippen MR) is 155 cm³/mol. The number of carbonyl (C=O) groups excluding carboxylic acids is 2. The molecule has 1 aliphatic rings. The smallest absolute Gasteiger partial charge is 0.341 e. The van der Waals surface area contributed by atoms with E-state index in [0.29, 0.717) is 32.3 Å². The minimum atomic E-state index is -0.700. The molecule has 3 heterocycles. The monoisotopic (exact) mass is 573 g/mol. The summed E-state index contributed by atoms with van der Waals surface area (Å²) in [5.74, 6) is -0.00516. The average molecular weight is 574 g/mol. The average Bonchev–Trinajstić information content (AvgIpc) is 3.60. The molecule has 0 saturated heterocycles. The topological polar surface area (TPSA) is 114 Å². The zero-order valence-corrected chi connectivity index (χ0v) is 24.0. The number of nitrogens with zero attached hydrogens (tertiary/aromatic N) is 2. The Morgan fingerprint density at radius 1 is 1.12 bits per heavy atom. The van der Waals surface area contributed by atoms with Gasteiger partial charge in [-0.05, 0) is 76.3 Å². The second kappa shape index (κ2) is 11.5. The predicted octanol–water partition coefficient (Wildman–Crippen LogP) is 4.37. The summed E-state index contributed by atoms with van der Waals surface area (Å²) < 4.78 is 12.8. The summed E-state index contributed by atoms with van der Waals surface area (Å²) in [4.78, 5) is 41.2. The van der Waals surface area contributed by atoms with Gasteiger partial charge in [0.25, 0.3) is 11.5 Å². The Hall–Kier alpha value is -4.20. The standard InChI is InChI=1S/C30H27N3O5S2/c1-4-37-30(36)25-21-7-5-6-8-23(21)39-27(25)32-26(34)22(16-31)29-33(19-12-9-17(2)10-13-19)28(35)24(40-29)15-20-14-11-18(3)38-20/h9-15H,4-8H2,1-3H3,(H,32,34)/b24-15-,29-22+. The number of thiazole rings is 1. The van der Waals surface area contributed by atoms with Crippen molar-refractivity contribution < 1.29 is 18.7 Å². The molecule has 10 heteroatoms. The first-order valence-electron chi connectivity index (χ1n) is 12.9. The Labute approximate surface area is 238 Å². The zero-order valence-electron chi connectivity index (χ0n) is 22.3. The van der Waals surface area contributed by atoms with E-state index in [0.717, 1.165) is 53.0 Å². The van der Waals surface area contributed by atoms with Gasteiger partial charge in [0.2, 0.25) is 0 Å². The summed E-state index contributed by atoms with van der Waals surface area (Å²) in [6, 6.07) is 12.8. The molecular formula is C30H27N3O5S2. The molecule has 1 aromatic carbocycles. The van der Waals surface area contributed by atoms with Gasteiger partial charge < -0.3 is 14.5 Å². The van der Waals surface area contributed by atoms with Gasteiger partial charge in [0.1, 0.15) is 27.3 Å². The van der Waals surface area contributed by atoms with E-state index in [1.165, 1.54) is 15.9 Å². The van der Waals surface area contributed by atoms with Crippen LogP contribution in [0.4, 0.5) is 5.00 Å². The second-order valence-electron chi connectivity index (χ2n) is 9.42. The van der Waals surface area contributed by atoms with Crippen LogP contribution in [0.15, 0.2) is 45.6 Å². The third kappa shape index (κ3) is 5.30. The van der Waals surface area contributed by atoms with Crippen LogP contribution in [0.5, 0.6) is 0 Å². The third-order valence-corrected chi connectivity index (χ3v) is 8.88. The molecule has 5 rings (SSSR count). The number of thiophene rings is 1. The zero-order chi connectivity index (χ0) is 28.4. The van der Waals surface area contributed by atoms with Crippen molar-refractivity contribution in [1.29, 1.82) is 5.26 Å². The van der Waals surface area contributed by atoms with Crippen molar-refractivity contribution in [1.82, 2.24) is 4.57 Å². The lowest BCUT2D eigenvalue weighted by Crippen LogP contribution is -2.32. The molecule has 0 unspecified atom stereocenters. The molecule has 0 atom stereocenters. The van der Waals surface area contributed by atoms with Crippen molar-refractivity contribution in [2.24, 2.45) is 0 Å². The van der Waals surface area contributed by atoms with E-state index in [1.54, 1.807) is 44.2 Å². The first-order valence-corrected chi connectivity index (χ1v) is 14.6. The number of anilines is 1. The van der Waals surface area contributed by atoms with E-state index < -0.39 is 11.9 Å². The Kier molecular flexibility index (Phi) is 7.87. The quantitative estimate of drug-likeness (QED) is 0.343. The Morgan fingerprint density at radius 2 is 1.88 bits per heavy atom. The summed E-state index contributed by atoms with van der Waals surface area (Å²) in [5.41, 5.74) is 2.17. The third-order valence-electron chi connectivity index (χ3n) is 6.58. The van der Waals surface area contributed by atoms with E-state index in [9.17, 15) is 19.6 Å². The summed E-state index contributed by atoms with van der Waals surface area (Å²) in [6.45, 7) is 5.68. The first kappa shape index (κ1) is 27.4. The second-order valence-corrected chi connectivity index (χ2v) is 11.6. The van der Waals surface area contributed by atoms with Gasteiger partial charge in [-0.3, -0.25) is 14.2 Å². The van der Waals surface area contributed by atoms with Crippen molar-refractivity contribution in [2.45, 2.75) is 46.5 Å². The molecule has 8 nitrogen and oxygen atoms in total. The van der Waals surface area contributed by atoms with Crippen LogP contribution < -0.4 is 20.1 Å². The Balaban J connectivity index is 1.68. The molecule has 0 bridgehead atoms. The maximum atomic E-state index is 13.7. The molecule has 4 aromatic rings. The van der Waals surface area contributed by atoms with Crippen molar-refractivity contribution in [3.05, 3.63) is 89.0 Å². The van der Waals surface area contributed by atoms with E-state index in [2.05, 4.69) is 5.32 Å². The van der Waals surface area contributed by atoms with E-state index in [4.69, 9.17) is 9.15 Å². The summed E-state index contributed by atoms with van der Waals surface area (Å²) in [7, 11) is 0. The number of furan rings is 1. The van der Waals surface area contributed by atoms with Crippen molar-refractivity contribution in [2.75, 3.05) is 11.9 Å². The number of aromatic nitrogens is 1. The lowest BCUT2D eigenvalue weighted by Gasteiger charge is -2.12. The van der Waals surface area contributed by atoms with Gasteiger partial charge in [-0.2, -0.15) is 5.26 Å². The lowest BCUT2D eigenvalue weighted by molar-refractivity contribution is -0.111. The molecule has 0 saturated carbocycles. The van der Waals surface area contributed by atoms with Crippen LogP contribution in [0.2, 0.25) is 0 Å². The number of fused-ring (bicyclic) bond motifs is 1. The van der Waals surface area contributed by atoms with Crippen LogP contribution in [-0.2, 0) is 22.4 Å². The number of hydrogen-bond acceptors (Lipinski definition) is 8.